The molecule has 0 radical (unpaired) electrons. The van der Waals surface area contributed by atoms with Gasteiger partial charge in [-0.3, -0.25) is 4.98 Å². The smallest absolute Gasteiger partial charge is 0.315 e. The van der Waals surface area contributed by atoms with Crippen LogP contribution in [0.15, 0.2) is 43.0 Å². The number of hydrogen-bond donors (Lipinski definition) is 2. The highest BCUT2D eigenvalue weighted by Crippen LogP contribution is 2.15. The summed E-state index contributed by atoms with van der Waals surface area (Å²) in [5.74, 6) is 0.717. The van der Waals surface area contributed by atoms with Crippen LogP contribution in [0.4, 0.5) is 10.7 Å². The summed E-state index contributed by atoms with van der Waals surface area (Å²) in [7, 11) is 0. The highest BCUT2D eigenvalue weighted by Gasteiger charge is 2.23. The zero-order chi connectivity index (χ0) is 16.8. The molecule has 1 aliphatic heterocycles. The van der Waals surface area contributed by atoms with Crippen LogP contribution in [-0.2, 0) is 0 Å². The van der Waals surface area contributed by atoms with E-state index in [1.807, 2.05) is 19.1 Å². The highest BCUT2D eigenvalue weighted by molar-refractivity contribution is 5.74. The molecule has 7 nitrogen and oxygen atoms in total. The summed E-state index contributed by atoms with van der Waals surface area (Å²) < 4.78 is 0. The van der Waals surface area contributed by atoms with Crippen LogP contribution in [-0.4, -0.2) is 40.1 Å². The van der Waals surface area contributed by atoms with Gasteiger partial charge in [0.25, 0.3) is 0 Å². The molecule has 7 heteroatoms. The normalized spacial score (nSPS) is 18.7. The molecule has 1 fully saturated rings. The fourth-order valence-corrected chi connectivity index (χ4v) is 2.89. The second-order valence-corrected chi connectivity index (χ2v) is 5.95. The Kier molecular flexibility index (Phi) is 5.20. The molecule has 0 aliphatic carbocycles. The summed E-state index contributed by atoms with van der Waals surface area (Å²) in [5, 5.41) is 6.03. The first-order chi connectivity index (χ1) is 11.7. The largest absolute Gasteiger partial charge is 0.339 e. The quantitative estimate of drug-likeness (QED) is 0.896. The number of nitrogens with one attached hydrogen (secondary N) is 2. The van der Waals surface area contributed by atoms with Crippen molar-refractivity contribution in [1.82, 2.24) is 25.6 Å². The summed E-state index contributed by atoms with van der Waals surface area (Å²) >= 11 is 0. The number of piperidine rings is 1. The maximum atomic E-state index is 12.3. The van der Waals surface area contributed by atoms with Crippen LogP contribution >= 0.6 is 0 Å². The van der Waals surface area contributed by atoms with E-state index in [9.17, 15) is 4.79 Å². The lowest BCUT2D eigenvalue weighted by Crippen LogP contribution is -2.51. The first-order valence-electron chi connectivity index (χ1n) is 8.21. The van der Waals surface area contributed by atoms with E-state index in [0.717, 1.165) is 37.4 Å². The van der Waals surface area contributed by atoms with E-state index in [4.69, 9.17) is 0 Å². The van der Waals surface area contributed by atoms with Crippen LogP contribution in [0.25, 0.3) is 0 Å². The molecule has 0 bridgehead atoms. The van der Waals surface area contributed by atoms with Crippen molar-refractivity contribution in [3.05, 3.63) is 48.5 Å². The number of carbonyl (C=O) groups is 1. The molecule has 2 atom stereocenters. The molecule has 2 N–H and O–H groups in total. The fourth-order valence-electron chi connectivity index (χ4n) is 2.89. The SMILES string of the molecule is C[C@H](NC(=O)N[C@H]1CCCN(c2ncccn2)C1)c1ccncc1. The number of hydrogen-bond acceptors (Lipinski definition) is 5. The Morgan fingerprint density at radius 2 is 2.00 bits per heavy atom. The minimum atomic E-state index is -0.153. The van der Waals surface area contributed by atoms with E-state index in [-0.39, 0.29) is 18.1 Å². The lowest BCUT2D eigenvalue weighted by molar-refractivity contribution is 0.232. The molecule has 1 aliphatic rings. The number of amides is 2. The first-order valence-corrected chi connectivity index (χ1v) is 8.21. The Hall–Kier alpha value is -2.70. The molecule has 2 aromatic rings. The molecule has 126 valence electrons. The molecule has 0 aromatic carbocycles. The standard InChI is InChI=1S/C17H22N6O/c1-13(14-5-9-18-10-6-14)21-17(24)22-15-4-2-11-23(12-15)16-19-7-3-8-20-16/h3,5-10,13,15H,2,4,11-12H2,1H3,(H2,21,22,24)/t13-,15-/m0/s1. The summed E-state index contributed by atoms with van der Waals surface area (Å²) in [5.41, 5.74) is 1.03. The van der Waals surface area contributed by atoms with Crippen molar-refractivity contribution in [3.63, 3.8) is 0 Å². The molecule has 24 heavy (non-hydrogen) atoms. The molecular weight excluding hydrogens is 304 g/mol. The average molecular weight is 326 g/mol. The van der Waals surface area contributed by atoms with Gasteiger partial charge in [-0.1, -0.05) is 0 Å². The number of carbonyl (C=O) groups excluding carboxylic acids is 1. The van der Waals surface area contributed by atoms with Crippen molar-refractivity contribution in [3.8, 4) is 0 Å². The van der Waals surface area contributed by atoms with Gasteiger partial charge in [-0.15, -0.1) is 0 Å². The zero-order valence-electron chi connectivity index (χ0n) is 13.7. The third-order valence-corrected chi connectivity index (χ3v) is 4.15. The van der Waals surface area contributed by atoms with Crippen LogP contribution in [0.1, 0.15) is 31.4 Å². The molecular formula is C17H22N6O. The molecule has 0 unspecified atom stereocenters. The van der Waals surface area contributed by atoms with Crippen LogP contribution in [0, 0.1) is 0 Å². The number of nitrogens with zero attached hydrogens (tertiary/aromatic N) is 4. The Balaban J connectivity index is 1.53. The first kappa shape index (κ1) is 16.2. The van der Waals surface area contributed by atoms with Crippen molar-refractivity contribution < 1.29 is 4.79 Å². The van der Waals surface area contributed by atoms with Gasteiger partial charge in [0.2, 0.25) is 5.95 Å². The monoisotopic (exact) mass is 326 g/mol. The summed E-state index contributed by atoms with van der Waals surface area (Å²) in [6.45, 7) is 3.60. The number of urea groups is 1. The minimum Gasteiger partial charge on any atom is -0.339 e. The van der Waals surface area contributed by atoms with E-state index in [0.29, 0.717) is 0 Å². The maximum absolute atomic E-state index is 12.3. The van der Waals surface area contributed by atoms with Gasteiger partial charge >= 0.3 is 6.03 Å². The van der Waals surface area contributed by atoms with Crippen molar-refractivity contribution in [2.45, 2.75) is 31.8 Å². The van der Waals surface area contributed by atoms with Crippen LogP contribution in [0.3, 0.4) is 0 Å². The van der Waals surface area contributed by atoms with Gasteiger partial charge in [0.1, 0.15) is 0 Å². The van der Waals surface area contributed by atoms with Gasteiger partial charge < -0.3 is 15.5 Å². The Bertz CT molecular complexity index is 651. The third-order valence-electron chi connectivity index (χ3n) is 4.15. The molecule has 0 spiro atoms. The predicted octanol–water partition coefficient (Wildman–Crippen LogP) is 1.90. The molecule has 3 heterocycles. The number of aromatic nitrogens is 3. The second-order valence-electron chi connectivity index (χ2n) is 5.95. The summed E-state index contributed by atoms with van der Waals surface area (Å²) in [4.78, 5) is 26.9. The number of rotatable bonds is 4. The van der Waals surface area contributed by atoms with Crippen molar-refractivity contribution >= 4 is 12.0 Å². The molecule has 3 rings (SSSR count). The Morgan fingerprint density at radius 3 is 2.75 bits per heavy atom. The maximum Gasteiger partial charge on any atom is 0.315 e. The van der Waals surface area contributed by atoms with Gasteiger partial charge in [0.15, 0.2) is 0 Å². The summed E-state index contributed by atoms with van der Waals surface area (Å²) in [6.07, 6.45) is 8.89. The van der Waals surface area contributed by atoms with E-state index in [1.165, 1.54) is 0 Å². The van der Waals surface area contributed by atoms with Gasteiger partial charge in [-0.25, -0.2) is 14.8 Å². The Labute approximate surface area is 141 Å². The van der Waals surface area contributed by atoms with E-state index in [1.54, 1.807) is 30.9 Å². The zero-order valence-corrected chi connectivity index (χ0v) is 13.7. The summed E-state index contributed by atoms with van der Waals surface area (Å²) in [6, 6.07) is 5.48. The van der Waals surface area contributed by atoms with Crippen molar-refractivity contribution in [2.24, 2.45) is 0 Å². The topological polar surface area (TPSA) is 83.0 Å². The van der Waals surface area contributed by atoms with E-state index >= 15 is 0 Å². The lowest BCUT2D eigenvalue weighted by Gasteiger charge is -2.33. The Morgan fingerprint density at radius 1 is 1.25 bits per heavy atom. The van der Waals surface area contributed by atoms with E-state index in [2.05, 4.69) is 30.5 Å². The van der Waals surface area contributed by atoms with Gasteiger partial charge in [0.05, 0.1) is 6.04 Å². The van der Waals surface area contributed by atoms with Gasteiger partial charge in [-0.2, -0.15) is 0 Å². The molecule has 2 amide bonds. The fraction of sp³-hybridized carbons (Fsp3) is 0.412. The van der Waals surface area contributed by atoms with Gasteiger partial charge in [0, 0.05) is 43.9 Å². The van der Waals surface area contributed by atoms with Crippen LogP contribution in [0.2, 0.25) is 0 Å². The third kappa shape index (κ3) is 4.18. The highest BCUT2D eigenvalue weighted by atomic mass is 16.2. The molecule has 0 saturated carbocycles. The molecule has 1 saturated heterocycles. The van der Waals surface area contributed by atoms with Gasteiger partial charge in [-0.05, 0) is 43.5 Å². The van der Waals surface area contributed by atoms with Crippen molar-refractivity contribution in [1.29, 1.82) is 0 Å². The number of anilines is 1. The van der Waals surface area contributed by atoms with E-state index < -0.39 is 0 Å². The minimum absolute atomic E-state index is 0.0647. The number of pyridine rings is 1. The molecule has 2 aromatic heterocycles. The van der Waals surface area contributed by atoms with Crippen molar-refractivity contribution in [2.75, 3.05) is 18.0 Å². The second kappa shape index (κ2) is 7.72. The van der Waals surface area contributed by atoms with Crippen LogP contribution < -0.4 is 15.5 Å². The lowest BCUT2D eigenvalue weighted by atomic mass is 10.1. The van der Waals surface area contributed by atoms with Crippen LogP contribution in [0.5, 0.6) is 0 Å². The predicted molar refractivity (Wildman–Crippen MR) is 91.6 cm³/mol. The average Bonchev–Trinajstić information content (AvgIpc) is 2.63.